The summed E-state index contributed by atoms with van der Waals surface area (Å²) in [6, 6.07) is -0.396. The van der Waals surface area contributed by atoms with Crippen LogP contribution in [-0.2, 0) is 9.59 Å². The van der Waals surface area contributed by atoms with Gasteiger partial charge in [0.25, 0.3) is 5.91 Å². The lowest BCUT2D eigenvalue weighted by atomic mass is 9.82. The summed E-state index contributed by atoms with van der Waals surface area (Å²) in [7, 11) is 0. The number of nitrogens with two attached hydrogens (primary N) is 1. The van der Waals surface area contributed by atoms with Crippen molar-refractivity contribution in [3.63, 3.8) is 0 Å². The van der Waals surface area contributed by atoms with Gasteiger partial charge in [-0.05, 0) is 32.1 Å². The van der Waals surface area contributed by atoms with E-state index in [1.165, 1.54) is 0 Å². The molecule has 1 unspecified atom stereocenters. The molecule has 3 aliphatic rings. The largest absolute Gasteiger partial charge is 0.337 e. The van der Waals surface area contributed by atoms with Gasteiger partial charge in [0.1, 0.15) is 12.1 Å². The number of carbonyl (C=O) groups is 3. The van der Waals surface area contributed by atoms with Crippen LogP contribution in [0.25, 0.3) is 0 Å². The molecule has 2 aliphatic heterocycles. The maximum atomic E-state index is 12.7. The van der Waals surface area contributed by atoms with Crippen molar-refractivity contribution in [1.82, 2.24) is 15.1 Å². The van der Waals surface area contributed by atoms with Gasteiger partial charge in [0.15, 0.2) is 0 Å². The summed E-state index contributed by atoms with van der Waals surface area (Å²) in [5.74, 6) is -0.395. The number of amides is 4. The quantitative estimate of drug-likeness (QED) is 0.743. The normalized spacial score (nSPS) is 27.4. The summed E-state index contributed by atoms with van der Waals surface area (Å²) in [5, 5.41) is 2.84. The van der Waals surface area contributed by atoms with Gasteiger partial charge < -0.3 is 16.0 Å². The average Bonchev–Trinajstić information content (AvgIpc) is 2.79. The molecule has 7 heteroatoms. The molecule has 0 radical (unpaired) electrons. The number of hydrogen-bond acceptors (Lipinski definition) is 4. The molecule has 7 nitrogen and oxygen atoms in total. The summed E-state index contributed by atoms with van der Waals surface area (Å²) < 4.78 is 0. The Labute approximate surface area is 136 Å². The summed E-state index contributed by atoms with van der Waals surface area (Å²) in [5.41, 5.74) is 4.99. The molecule has 2 saturated heterocycles. The van der Waals surface area contributed by atoms with E-state index in [1.807, 2.05) is 0 Å². The molecule has 1 aliphatic carbocycles. The number of likely N-dealkylation sites (tertiary alicyclic amines) is 1. The fourth-order valence-corrected chi connectivity index (χ4v) is 4.11. The Bertz CT molecular complexity index is 502. The first-order chi connectivity index (χ1) is 11.1. The summed E-state index contributed by atoms with van der Waals surface area (Å²) in [6.45, 7) is 0.925. The third kappa shape index (κ3) is 2.94. The van der Waals surface area contributed by atoms with Gasteiger partial charge in [0.05, 0.1) is 0 Å². The Morgan fingerprint density at radius 3 is 2.61 bits per heavy atom. The minimum Gasteiger partial charge on any atom is -0.337 e. The topological polar surface area (TPSA) is 95.7 Å². The van der Waals surface area contributed by atoms with Gasteiger partial charge in [-0.2, -0.15) is 0 Å². The zero-order valence-electron chi connectivity index (χ0n) is 13.6. The Morgan fingerprint density at radius 2 is 1.91 bits per heavy atom. The highest BCUT2D eigenvalue weighted by Crippen LogP contribution is 2.33. The molecule has 23 heavy (non-hydrogen) atoms. The fraction of sp³-hybridized carbons (Fsp3) is 0.812. The highest BCUT2D eigenvalue weighted by molar-refractivity contribution is 6.09. The molecule has 0 aromatic heterocycles. The first kappa shape index (κ1) is 16.2. The van der Waals surface area contributed by atoms with E-state index in [9.17, 15) is 14.4 Å². The van der Waals surface area contributed by atoms with Crippen LogP contribution in [-0.4, -0.2) is 58.9 Å². The van der Waals surface area contributed by atoms with E-state index in [2.05, 4.69) is 5.32 Å². The lowest BCUT2D eigenvalue weighted by Crippen LogP contribution is -2.52. The molecule has 1 spiro atoms. The van der Waals surface area contributed by atoms with Crippen molar-refractivity contribution in [2.24, 2.45) is 5.73 Å². The number of nitrogens with zero attached hydrogens (tertiary/aromatic N) is 2. The molecule has 4 amide bonds. The number of imide groups is 1. The van der Waals surface area contributed by atoms with Crippen LogP contribution < -0.4 is 11.1 Å². The van der Waals surface area contributed by atoms with Crippen molar-refractivity contribution in [2.75, 3.05) is 19.6 Å². The second-order valence-corrected chi connectivity index (χ2v) is 6.94. The zero-order valence-corrected chi connectivity index (χ0v) is 13.6. The highest BCUT2D eigenvalue weighted by Gasteiger charge is 2.51. The summed E-state index contributed by atoms with van der Waals surface area (Å²) in [4.78, 5) is 40.4. The Hall–Kier alpha value is -1.63. The van der Waals surface area contributed by atoms with Crippen LogP contribution >= 0.6 is 0 Å². The minimum atomic E-state index is -0.759. The monoisotopic (exact) mass is 322 g/mol. The smallest absolute Gasteiger partial charge is 0.325 e. The number of urea groups is 1. The van der Waals surface area contributed by atoms with Crippen LogP contribution in [0.3, 0.4) is 0 Å². The molecule has 3 N–H and O–H groups in total. The highest BCUT2D eigenvalue weighted by atomic mass is 16.2. The van der Waals surface area contributed by atoms with Crippen molar-refractivity contribution in [3.05, 3.63) is 0 Å². The minimum absolute atomic E-state index is 0.0284. The molecule has 2 heterocycles. The van der Waals surface area contributed by atoms with Crippen molar-refractivity contribution in [1.29, 1.82) is 0 Å². The first-order valence-corrected chi connectivity index (χ1v) is 8.71. The second kappa shape index (κ2) is 6.47. The number of carbonyl (C=O) groups excluding carboxylic acids is 3. The van der Waals surface area contributed by atoms with E-state index in [1.54, 1.807) is 4.90 Å². The van der Waals surface area contributed by atoms with Gasteiger partial charge in [0.2, 0.25) is 5.91 Å². The van der Waals surface area contributed by atoms with Crippen molar-refractivity contribution >= 4 is 17.8 Å². The van der Waals surface area contributed by atoms with Crippen LogP contribution in [0.2, 0.25) is 0 Å². The van der Waals surface area contributed by atoms with Gasteiger partial charge in [-0.1, -0.05) is 19.3 Å². The van der Waals surface area contributed by atoms with Crippen molar-refractivity contribution in [2.45, 2.75) is 62.9 Å². The SMILES string of the molecule is NCC1CCCCN1C(=O)CN1C(=O)NC2(CCCCC2)C1=O. The summed E-state index contributed by atoms with van der Waals surface area (Å²) in [6.07, 6.45) is 7.24. The maximum absolute atomic E-state index is 12.7. The number of piperidine rings is 1. The molecule has 128 valence electrons. The predicted molar refractivity (Wildman–Crippen MR) is 84.5 cm³/mol. The zero-order chi connectivity index (χ0) is 16.4. The van der Waals surface area contributed by atoms with Crippen molar-refractivity contribution < 1.29 is 14.4 Å². The van der Waals surface area contributed by atoms with E-state index in [-0.39, 0.29) is 24.4 Å². The van der Waals surface area contributed by atoms with E-state index < -0.39 is 11.6 Å². The summed E-state index contributed by atoms with van der Waals surface area (Å²) >= 11 is 0. The van der Waals surface area contributed by atoms with E-state index in [0.29, 0.717) is 25.9 Å². The molecule has 1 saturated carbocycles. The van der Waals surface area contributed by atoms with E-state index in [0.717, 1.165) is 43.4 Å². The van der Waals surface area contributed by atoms with Crippen molar-refractivity contribution in [3.8, 4) is 0 Å². The van der Waals surface area contributed by atoms with Gasteiger partial charge >= 0.3 is 6.03 Å². The maximum Gasteiger partial charge on any atom is 0.325 e. The molecule has 3 fully saturated rings. The molecule has 0 bridgehead atoms. The predicted octanol–water partition coefficient (Wildman–Crippen LogP) is 0.581. The van der Waals surface area contributed by atoms with E-state index in [4.69, 9.17) is 5.73 Å². The molecular weight excluding hydrogens is 296 g/mol. The molecule has 0 aromatic rings. The van der Waals surface area contributed by atoms with E-state index >= 15 is 0 Å². The Balaban J connectivity index is 1.68. The van der Waals surface area contributed by atoms with Crippen LogP contribution in [0.5, 0.6) is 0 Å². The molecule has 1 atom stereocenters. The molecular formula is C16H26N4O3. The fourth-order valence-electron chi connectivity index (χ4n) is 4.11. The third-order valence-electron chi connectivity index (χ3n) is 5.47. The molecule has 0 aromatic carbocycles. The standard InChI is InChI=1S/C16H26N4O3/c17-10-12-6-2-5-9-19(12)13(21)11-20-14(22)16(18-15(20)23)7-3-1-4-8-16/h12H,1-11,17H2,(H,18,23). The lowest BCUT2D eigenvalue weighted by molar-refractivity contribution is -0.141. The Morgan fingerprint density at radius 1 is 1.17 bits per heavy atom. The van der Waals surface area contributed by atoms with Crippen LogP contribution in [0.15, 0.2) is 0 Å². The second-order valence-electron chi connectivity index (χ2n) is 6.94. The molecule has 3 rings (SSSR count). The van der Waals surface area contributed by atoms with Crippen LogP contribution in [0, 0.1) is 0 Å². The Kier molecular flexibility index (Phi) is 4.57. The van der Waals surface area contributed by atoms with Gasteiger partial charge in [-0.3, -0.25) is 14.5 Å². The van der Waals surface area contributed by atoms with Gasteiger partial charge in [-0.15, -0.1) is 0 Å². The average molecular weight is 322 g/mol. The van der Waals surface area contributed by atoms with Crippen LogP contribution in [0.4, 0.5) is 4.79 Å². The number of hydrogen-bond donors (Lipinski definition) is 2. The number of rotatable bonds is 3. The third-order valence-corrected chi connectivity index (χ3v) is 5.47. The first-order valence-electron chi connectivity index (χ1n) is 8.71. The number of nitrogens with one attached hydrogen (secondary N) is 1. The van der Waals surface area contributed by atoms with Gasteiger partial charge in [0, 0.05) is 19.1 Å². The lowest BCUT2D eigenvalue weighted by Gasteiger charge is -2.36. The van der Waals surface area contributed by atoms with Crippen LogP contribution in [0.1, 0.15) is 51.4 Å². The van der Waals surface area contributed by atoms with Gasteiger partial charge in [-0.25, -0.2) is 4.79 Å².